The van der Waals surface area contributed by atoms with Crippen molar-refractivity contribution >= 4 is 29.3 Å². The van der Waals surface area contributed by atoms with Gasteiger partial charge in [-0.2, -0.15) is 0 Å². The third kappa shape index (κ3) is 8.39. The van der Waals surface area contributed by atoms with E-state index in [0.717, 1.165) is 23.7 Å². The molecular formula is C27H34N2O9. The van der Waals surface area contributed by atoms with Crippen molar-refractivity contribution in [2.24, 2.45) is 0 Å². The van der Waals surface area contributed by atoms with E-state index in [-0.39, 0.29) is 35.1 Å². The first-order chi connectivity index (χ1) is 18.0. The average molecular weight is 531 g/mol. The van der Waals surface area contributed by atoms with Crippen molar-refractivity contribution in [2.45, 2.75) is 52.7 Å². The van der Waals surface area contributed by atoms with Crippen molar-refractivity contribution in [1.29, 1.82) is 0 Å². The minimum atomic E-state index is -0.606. The van der Waals surface area contributed by atoms with E-state index in [4.69, 9.17) is 18.9 Å². The lowest BCUT2D eigenvalue weighted by molar-refractivity contribution is -0.385. The number of methoxy groups -OCH3 is 3. The molecule has 206 valence electrons. The largest absolute Gasteiger partial charge is 0.493 e. The standard InChI is InChI=1S/C14H17NO6.C13H17NO3/c1-9(2)21-13-8-11(15(17)18)10(7-12(13)19-3)5-6-14(16)20-4;1-8(2)17-12-7-10-9(6-11(12)16-3)4-5-13(15)14-10/h5-9H,1-4H3;6-8H,4-5H2,1-3H3,(H,14,15)/b6-5+;. The molecular weight excluding hydrogens is 496 g/mol. The average Bonchev–Trinajstić information content (AvgIpc) is 2.86. The minimum Gasteiger partial charge on any atom is -0.493 e. The summed E-state index contributed by atoms with van der Waals surface area (Å²) >= 11 is 0. The molecule has 1 amide bonds. The summed E-state index contributed by atoms with van der Waals surface area (Å²) < 4.78 is 26.1. The molecule has 0 saturated heterocycles. The highest BCUT2D eigenvalue weighted by atomic mass is 16.6. The topological polar surface area (TPSA) is 135 Å². The monoisotopic (exact) mass is 530 g/mol. The smallest absolute Gasteiger partial charge is 0.330 e. The van der Waals surface area contributed by atoms with E-state index in [1.165, 1.54) is 32.4 Å². The number of nitrogens with zero attached hydrogens (tertiary/aromatic N) is 1. The predicted molar refractivity (Wildman–Crippen MR) is 142 cm³/mol. The number of esters is 1. The molecule has 2 aromatic carbocycles. The second kappa shape index (κ2) is 13.9. The first-order valence-corrected chi connectivity index (χ1v) is 12.0. The van der Waals surface area contributed by atoms with Gasteiger partial charge < -0.3 is 29.0 Å². The first kappa shape index (κ1) is 29.9. The van der Waals surface area contributed by atoms with Gasteiger partial charge in [0.25, 0.3) is 5.69 Å². The van der Waals surface area contributed by atoms with E-state index in [1.54, 1.807) is 21.0 Å². The molecule has 11 nitrogen and oxygen atoms in total. The zero-order valence-corrected chi connectivity index (χ0v) is 22.7. The van der Waals surface area contributed by atoms with Gasteiger partial charge in [0.15, 0.2) is 23.0 Å². The summed E-state index contributed by atoms with van der Waals surface area (Å²) in [5.74, 6) is 1.45. The molecule has 1 heterocycles. The minimum absolute atomic E-state index is 0.0539. The second-order valence-corrected chi connectivity index (χ2v) is 8.72. The van der Waals surface area contributed by atoms with Crippen LogP contribution >= 0.6 is 0 Å². The molecule has 11 heteroatoms. The summed E-state index contributed by atoms with van der Waals surface area (Å²) in [6.07, 6.45) is 3.59. The number of benzene rings is 2. The summed E-state index contributed by atoms with van der Waals surface area (Å²) in [6, 6.07) is 6.49. The van der Waals surface area contributed by atoms with E-state index in [1.807, 2.05) is 26.0 Å². The lowest BCUT2D eigenvalue weighted by Crippen LogP contribution is -2.19. The van der Waals surface area contributed by atoms with Gasteiger partial charge >= 0.3 is 5.97 Å². The van der Waals surface area contributed by atoms with Crippen LogP contribution < -0.4 is 24.3 Å². The van der Waals surface area contributed by atoms with Gasteiger partial charge in [0, 0.05) is 24.3 Å². The van der Waals surface area contributed by atoms with Crippen LogP contribution in [0.3, 0.4) is 0 Å². The van der Waals surface area contributed by atoms with Crippen LogP contribution in [-0.4, -0.2) is 50.3 Å². The molecule has 0 aromatic heterocycles. The van der Waals surface area contributed by atoms with Gasteiger partial charge in [-0.1, -0.05) is 0 Å². The number of carbonyl (C=O) groups is 2. The quantitative estimate of drug-likeness (QED) is 0.207. The highest BCUT2D eigenvalue weighted by Crippen LogP contribution is 2.37. The molecule has 0 aliphatic carbocycles. The maximum absolute atomic E-state index is 11.3. The number of nitrogens with one attached hydrogen (secondary N) is 1. The summed E-state index contributed by atoms with van der Waals surface area (Å²) in [5, 5.41) is 14.0. The number of fused-ring (bicyclic) bond motifs is 1. The van der Waals surface area contributed by atoms with Gasteiger partial charge in [0.1, 0.15) is 0 Å². The Morgan fingerprint density at radius 1 is 0.921 bits per heavy atom. The van der Waals surface area contributed by atoms with Crippen LogP contribution in [0, 0.1) is 10.1 Å². The number of rotatable bonds is 9. The number of ether oxygens (including phenoxy) is 5. The lowest BCUT2D eigenvalue weighted by atomic mass is 10.0. The number of anilines is 1. The zero-order chi connectivity index (χ0) is 28.4. The van der Waals surface area contributed by atoms with Crippen molar-refractivity contribution < 1.29 is 38.2 Å². The fraction of sp³-hybridized carbons (Fsp3) is 0.407. The van der Waals surface area contributed by atoms with E-state index < -0.39 is 10.9 Å². The number of hydrogen-bond acceptors (Lipinski definition) is 9. The van der Waals surface area contributed by atoms with Crippen molar-refractivity contribution in [2.75, 3.05) is 26.6 Å². The first-order valence-electron chi connectivity index (χ1n) is 12.0. The second-order valence-electron chi connectivity index (χ2n) is 8.72. The fourth-order valence-electron chi connectivity index (χ4n) is 3.48. The Morgan fingerprint density at radius 2 is 1.50 bits per heavy atom. The molecule has 1 aliphatic heterocycles. The molecule has 0 unspecified atom stereocenters. The van der Waals surface area contributed by atoms with Crippen molar-refractivity contribution in [3.8, 4) is 23.0 Å². The Hall–Kier alpha value is -4.28. The zero-order valence-electron chi connectivity index (χ0n) is 22.7. The third-order valence-corrected chi connectivity index (χ3v) is 5.12. The van der Waals surface area contributed by atoms with Gasteiger partial charge in [-0.05, 0) is 57.9 Å². The summed E-state index contributed by atoms with van der Waals surface area (Å²) in [4.78, 5) is 33.0. The normalized spacial score (nSPS) is 12.3. The summed E-state index contributed by atoms with van der Waals surface area (Å²) in [6.45, 7) is 7.52. The number of hydrogen-bond donors (Lipinski definition) is 1. The molecule has 38 heavy (non-hydrogen) atoms. The Labute approximate surface area is 221 Å². The van der Waals surface area contributed by atoms with E-state index in [9.17, 15) is 19.7 Å². The molecule has 0 radical (unpaired) electrons. The van der Waals surface area contributed by atoms with E-state index >= 15 is 0 Å². The maximum Gasteiger partial charge on any atom is 0.330 e. The SMILES string of the molecule is COC(=O)/C=C/c1cc(OC)c(OC(C)C)cc1[N+](=O)[O-].COc1cc2c(cc1OC(C)C)NC(=O)CC2. The highest BCUT2D eigenvalue weighted by molar-refractivity contribution is 5.94. The van der Waals surface area contributed by atoms with Crippen molar-refractivity contribution in [3.63, 3.8) is 0 Å². The lowest BCUT2D eigenvalue weighted by Gasteiger charge is -2.21. The highest BCUT2D eigenvalue weighted by Gasteiger charge is 2.20. The molecule has 1 aliphatic rings. The molecule has 3 rings (SSSR count). The number of nitro groups is 1. The van der Waals surface area contributed by atoms with E-state index in [0.29, 0.717) is 23.7 Å². The molecule has 0 spiro atoms. The predicted octanol–water partition coefficient (Wildman–Crippen LogP) is 4.94. The van der Waals surface area contributed by atoms with Crippen LogP contribution in [0.15, 0.2) is 30.3 Å². The van der Waals surface area contributed by atoms with Crippen molar-refractivity contribution in [1.82, 2.24) is 0 Å². The third-order valence-electron chi connectivity index (χ3n) is 5.12. The van der Waals surface area contributed by atoms with E-state index in [2.05, 4.69) is 10.1 Å². The Balaban J connectivity index is 0.000000272. The van der Waals surface area contributed by atoms with Crippen LogP contribution in [-0.2, 0) is 20.7 Å². The Bertz CT molecular complexity index is 1190. The van der Waals surface area contributed by atoms with Gasteiger partial charge in [-0.15, -0.1) is 0 Å². The number of nitro benzene ring substituents is 1. The number of amides is 1. The maximum atomic E-state index is 11.3. The molecule has 0 saturated carbocycles. The van der Waals surface area contributed by atoms with Crippen LogP contribution in [0.2, 0.25) is 0 Å². The van der Waals surface area contributed by atoms with Crippen molar-refractivity contribution in [3.05, 3.63) is 51.6 Å². The fourth-order valence-corrected chi connectivity index (χ4v) is 3.48. The molecule has 0 fully saturated rings. The summed E-state index contributed by atoms with van der Waals surface area (Å²) in [7, 11) is 4.28. The van der Waals surface area contributed by atoms with Gasteiger partial charge in [0.2, 0.25) is 5.91 Å². The molecule has 0 bridgehead atoms. The molecule has 1 N–H and O–H groups in total. The van der Waals surface area contributed by atoms with Gasteiger partial charge in [-0.25, -0.2) is 4.79 Å². The molecule has 2 aromatic rings. The van der Waals surface area contributed by atoms with Crippen LogP contribution in [0.4, 0.5) is 11.4 Å². The molecule has 0 atom stereocenters. The van der Waals surface area contributed by atoms with Crippen LogP contribution in [0.5, 0.6) is 23.0 Å². The Morgan fingerprint density at radius 3 is 2.03 bits per heavy atom. The summed E-state index contributed by atoms with van der Waals surface area (Å²) in [5.41, 5.74) is 1.96. The van der Waals surface area contributed by atoms with Crippen LogP contribution in [0.1, 0.15) is 45.2 Å². The number of carbonyl (C=O) groups excluding carboxylic acids is 2. The number of aryl methyl sites for hydroxylation is 1. The van der Waals surface area contributed by atoms with Gasteiger partial charge in [-0.3, -0.25) is 14.9 Å². The van der Waals surface area contributed by atoms with Crippen LogP contribution in [0.25, 0.3) is 6.08 Å². The van der Waals surface area contributed by atoms with Gasteiger partial charge in [0.05, 0.1) is 50.1 Å². The Kier molecular flexibility index (Phi) is 10.9.